The van der Waals surface area contributed by atoms with Crippen LogP contribution in [0.2, 0.25) is 0 Å². The van der Waals surface area contributed by atoms with Gasteiger partial charge in [-0.15, -0.1) is 13.2 Å². The van der Waals surface area contributed by atoms with E-state index in [4.69, 9.17) is 0 Å². The van der Waals surface area contributed by atoms with Crippen LogP contribution in [0, 0.1) is 5.92 Å². The van der Waals surface area contributed by atoms with Crippen molar-refractivity contribution >= 4 is 28.8 Å². The Bertz CT molecular complexity index is 1470. The summed E-state index contributed by atoms with van der Waals surface area (Å²) in [6.07, 6.45) is -4.83. The number of amides is 3. The normalized spacial score (nSPS) is 16.6. The number of benzene rings is 2. The molecular weight excluding hydrogens is 531 g/mol. The van der Waals surface area contributed by atoms with Gasteiger partial charge in [0.05, 0.1) is 11.0 Å². The molecule has 13 heteroatoms. The van der Waals surface area contributed by atoms with Crippen molar-refractivity contribution < 1.29 is 32.3 Å². The van der Waals surface area contributed by atoms with Crippen LogP contribution in [-0.2, 0) is 4.79 Å². The van der Waals surface area contributed by atoms with E-state index in [1.54, 1.807) is 49.9 Å². The van der Waals surface area contributed by atoms with Gasteiger partial charge in [-0.2, -0.15) is 0 Å². The van der Waals surface area contributed by atoms with Crippen LogP contribution in [0.5, 0.6) is 5.75 Å². The zero-order valence-corrected chi connectivity index (χ0v) is 22.0. The van der Waals surface area contributed by atoms with E-state index < -0.39 is 41.6 Å². The average molecular weight is 560 g/mol. The third-order valence-corrected chi connectivity index (χ3v) is 6.57. The Morgan fingerprint density at radius 1 is 1.07 bits per heavy atom. The van der Waals surface area contributed by atoms with E-state index in [-0.39, 0.29) is 42.7 Å². The summed E-state index contributed by atoms with van der Waals surface area (Å²) >= 11 is 0. The summed E-state index contributed by atoms with van der Waals surface area (Å²) in [4.78, 5) is 61.8. The fourth-order valence-corrected chi connectivity index (χ4v) is 4.54. The highest BCUT2D eigenvalue weighted by molar-refractivity contribution is 5.97. The minimum atomic E-state index is -4.83. The number of para-hydroxylation sites is 2. The first-order chi connectivity index (χ1) is 18.8. The molecule has 2 N–H and O–H groups in total. The van der Waals surface area contributed by atoms with E-state index in [0.29, 0.717) is 11.0 Å². The van der Waals surface area contributed by atoms with Gasteiger partial charge in [-0.1, -0.05) is 26.0 Å². The molecule has 1 aromatic heterocycles. The van der Waals surface area contributed by atoms with Crippen LogP contribution < -0.4 is 15.6 Å². The summed E-state index contributed by atoms with van der Waals surface area (Å²) in [6.45, 7) is 5.81. The molecule has 2 aromatic carbocycles. The van der Waals surface area contributed by atoms with Crippen molar-refractivity contribution in [2.75, 3.05) is 19.6 Å². The molecule has 2 atom stereocenters. The molecule has 4 rings (SSSR count). The first-order valence-electron chi connectivity index (χ1n) is 12.6. The minimum Gasteiger partial charge on any atom is -0.406 e. The zero-order chi connectivity index (χ0) is 29.2. The average Bonchev–Trinajstić information content (AvgIpc) is 2.89. The molecule has 0 bridgehead atoms. The summed E-state index contributed by atoms with van der Waals surface area (Å²) < 4.78 is 41.0. The molecule has 3 aromatic rings. The van der Waals surface area contributed by atoms with Crippen LogP contribution in [0.4, 0.5) is 13.2 Å². The minimum absolute atomic E-state index is 0.176. The Hall–Kier alpha value is -4.42. The number of fused-ring (bicyclic) bond motifs is 1. The second kappa shape index (κ2) is 11.4. The Kier molecular flexibility index (Phi) is 8.12. The fourth-order valence-electron chi connectivity index (χ4n) is 4.54. The van der Waals surface area contributed by atoms with Crippen molar-refractivity contribution in [1.29, 1.82) is 0 Å². The first kappa shape index (κ1) is 28.6. The quantitative estimate of drug-likeness (QED) is 0.479. The lowest BCUT2D eigenvalue weighted by atomic mass is 10.0. The summed E-state index contributed by atoms with van der Waals surface area (Å²) in [5.41, 5.74) is 0.0582. The Morgan fingerprint density at radius 2 is 1.75 bits per heavy atom. The monoisotopic (exact) mass is 559 g/mol. The SMILES string of the molecule is CC(C)[C@H](NC(=O)c1nc2ccccc2[nH]c1=O)C(=O)N1CCN(C(=O)c2ccc(OC(F)(F)F)cc2)C[C@H]1C. The Labute approximate surface area is 227 Å². The van der Waals surface area contributed by atoms with Crippen molar-refractivity contribution in [3.05, 3.63) is 70.1 Å². The number of aromatic nitrogens is 2. The maximum Gasteiger partial charge on any atom is 0.573 e. The number of halogens is 3. The van der Waals surface area contributed by atoms with Gasteiger partial charge < -0.3 is 24.8 Å². The molecule has 1 aliphatic rings. The van der Waals surface area contributed by atoms with Gasteiger partial charge in [-0.05, 0) is 49.2 Å². The van der Waals surface area contributed by atoms with Gasteiger partial charge in [0, 0.05) is 31.2 Å². The number of carbonyl (C=O) groups excluding carboxylic acids is 3. The number of H-pyrrole nitrogens is 1. The van der Waals surface area contributed by atoms with Gasteiger partial charge in [0.25, 0.3) is 17.4 Å². The number of rotatable bonds is 6. The fraction of sp³-hybridized carbons (Fsp3) is 0.370. The van der Waals surface area contributed by atoms with Gasteiger partial charge >= 0.3 is 6.36 Å². The molecule has 0 unspecified atom stereocenters. The molecule has 0 saturated carbocycles. The van der Waals surface area contributed by atoms with Crippen LogP contribution in [-0.4, -0.2) is 75.6 Å². The predicted octanol–water partition coefficient (Wildman–Crippen LogP) is 2.95. The molecule has 2 heterocycles. The standard InChI is InChI=1S/C27H28F3N5O5/c1-15(2)21(33-24(37)22-23(36)32-20-7-5-4-6-19(20)31-22)26(39)35-13-12-34(14-16(35)3)25(38)17-8-10-18(11-9-17)40-27(28,29)30/h4-11,15-16,21H,12-14H2,1-3H3,(H,32,36)(H,33,37)/t16-,21+/m1/s1. The summed E-state index contributed by atoms with van der Waals surface area (Å²) in [5.74, 6) is -2.30. The topological polar surface area (TPSA) is 125 Å². The van der Waals surface area contributed by atoms with Crippen molar-refractivity contribution in [2.45, 2.75) is 39.2 Å². The van der Waals surface area contributed by atoms with E-state index in [1.807, 2.05) is 0 Å². The third-order valence-electron chi connectivity index (χ3n) is 6.57. The second-order valence-corrected chi connectivity index (χ2v) is 9.83. The number of nitrogens with zero attached hydrogens (tertiary/aromatic N) is 3. The van der Waals surface area contributed by atoms with E-state index >= 15 is 0 Å². The highest BCUT2D eigenvalue weighted by Gasteiger charge is 2.36. The number of piperazine rings is 1. The van der Waals surface area contributed by atoms with Crippen LogP contribution in [0.25, 0.3) is 11.0 Å². The van der Waals surface area contributed by atoms with Crippen molar-refractivity contribution in [1.82, 2.24) is 25.1 Å². The van der Waals surface area contributed by atoms with E-state index in [1.165, 1.54) is 17.0 Å². The number of ether oxygens (including phenoxy) is 1. The Balaban J connectivity index is 1.42. The molecule has 1 aliphatic heterocycles. The van der Waals surface area contributed by atoms with Gasteiger partial charge in [0.2, 0.25) is 5.91 Å². The van der Waals surface area contributed by atoms with Gasteiger partial charge in [0.1, 0.15) is 11.8 Å². The largest absolute Gasteiger partial charge is 0.573 e. The van der Waals surface area contributed by atoms with E-state index in [0.717, 1.165) is 12.1 Å². The third kappa shape index (κ3) is 6.41. The number of aromatic amines is 1. The van der Waals surface area contributed by atoms with Crippen molar-refractivity contribution in [3.63, 3.8) is 0 Å². The molecule has 40 heavy (non-hydrogen) atoms. The van der Waals surface area contributed by atoms with Crippen LogP contribution in [0.15, 0.2) is 53.3 Å². The summed E-state index contributed by atoms with van der Waals surface area (Å²) in [5, 5.41) is 2.65. The van der Waals surface area contributed by atoms with Crippen molar-refractivity contribution in [3.8, 4) is 5.75 Å². The van der Waals surface area contributed by atoms with Gasteiger partial charge in [0.15, 0.2) is 5.69 Å². The zero-order valence-electron chi connectivity index (χ0n) is 22.0. The molecule has 1 saturated heterocycles. The maximum atomic E-state index is 13.5. The smallest absolute Gasteiger partial charge is 0.406 e. The highest BCUT2D eigenvalue weighted by atomic mass is 19.4. The second-order valence-electron chi connectivity index (χ2n) is 9.83. The van der Waals surface area contributed by atoms with Gasteiger partial charge in [-0.3, -0.25) is 19.2 Å². The molecule has 0 radical (unpaired) electrons. The maximum absolute atomic E-state index is 13.5. The number of carbonyl (C=O) groups is 3. The number of nitrogens with one attached hydrogen (secondary N) is 2. The molecule has 1 fully saturated rings. The molecule has 0 aliphatic carbocycles. The lowest BCUT2D eigenvalue weighted by Gasteiger charge is -2.41. The number of hydrogen-bond acceptors (Lipinski definition) is 6. The molecular formula is C27H28F3N5O5. The number of hydrogen-bond donors (Lipinski definition) is 2. The lowest BCUT2D eigenvalue weighted by molar-refractivity contribution is -0.274. The van der Waals surface area contributed by atoms with Crippen LogP contribution in [0.1, 0.15) is 41.6 Å². The van der Waals surface area contributed by atoms with Crippen LogP contribution >= 0.6 is 0 Å². The molecule has 212 valence electrons. The van der Waals surface area contributed by atoms with Gasteiger partial charge in [-0.25, -0.2) is 4.98 Å². The summed E-state index contributed by atoms with van der Waals surface area (Å²) in [6, 6.07) is 10.0. The molecule has 10 nitrogen and oxygen atoms in total. The highest BCUT2D eigenvalue weighted by Crippen LogP contribution is 2.24. The summed E-state index contributed by atoms with van der Waals surface area (Å²) in [7, 11) is 0. The Morgan fingerprint density at radius 3 is 2.38 bits per heavy atom. The lowest BCUT2D eigenvalue weighted by Crippen LogP contribution is -2.60. The molecule has 0 spiro atoms. The number of alkyl halides is 3. The predicted molar refractivity (Wildman–Crippen MR) is 139 cm³/mol. The molecule has 3 amide bonds. The van der Waals surface area contributed by atoms with Crippen LogP contribution in [0.3, 0.4) is 0 Å². The van der Waals surface area contributed by atoms with E-state index in [9.17, 15) is 32.3 Å². The van der Waals surface area contributed by atoms with E-state index in [2.05, 4.69) is 20.0 Å². The van der Waals surface area contributed by atoms with Crippen molar-refractivity contribution in [2.24, 2.45) is 5.92 Å². The first-order valence-corrected chi connectivity index (χ1v) is 12.6.